The molecule has 0 bridgehead atoms. The third-order valence-corrected chi connectivity index (χ3v) is 10.2. The first-order chi connectivity index (χ1) is 12.8. The van der Waals surface area contributed by atoms with Crippen LogP contribution >= 0.6 is 0 Å². The molecule has 4 aliphatic rings. The average Bonchev–Trinajstić information content (AvgIpc) is 2.97. The Morgan fingerprint density at radius 2 is 1.78 bits per heavy atom. The highest BCUT2D eigenvalue weighted by Crippen LogP contribution is 2.68. The quantitative estimate of drug-likeness (QED) is 0.680. The lowest BCUT2D eigenvalue weighted by molar-refractivity contribution is -0.164. The van der Waals surface area contributed by atoms with Crippen molar-refractivity contribution in [1.29, 1.82) is 0 Å². The largest absolute Gasteiger partial charge is 0.481 e. The van der Waals surface area contributed by atoms with Crippen molar-refractivity contribution in [3.63, 3.8) is 0 Å². The Kier molecular flexibility index (Phi) is 5.15. The van der Waals surface area contributed by atoms with Crippen molar-refractivity contribution in [1.82, 2.24) is 0 Å². The first-order valence-corrected chi connectivity index (χ1v) is 11.7. The van der Waals surface area contributed by atoms with Crippen LogP contribution in [0.3, 0.4) is 0 Å². The normalized spacial score (nSPS) is 50.4. The highest BCUT2D eigenvalue weighted by atomic mass is 16.4. The number of carboxylic acid groups (broad SMARTS) is 1. The maximum Gasteiger partial charge on any atom is 0.303 e. The van der Waals surface area contributed by atoms with Crippen LogP contribution in [0.1, 0.15) is 91.4 Å². The van der Waals surface area contributed by atoms with Gasteiger partial charge in [-0.2, -0.15) is 0 Å². The summed E-state index contributed by atoms with van der Waals surface area (Å²) in [6.07, 6.45) is 12.5. The summed E-state index contributed by atoms with van der Waals surface area (Å²) in [7, 11) is 0. The molecule has 8 unspecified atom stereocenters. The molecule has 3 nitrogen and oxygen atoms in total. The number of carboxylic acids is 1. The molecule has 4 aliphatic carbocycles. The predicted octanol–water partition coefficient (Wildman–Crippen LogP) is 5.51. The summed E-state index contributed by atoms with van der Waals surface area (Å²) < 4.78 is 0. The number of aliphatic hydroxyl groups excluding tert-OH is 1. The van der Waals surface area contributed by atoms with Crippen molar-refractivity contribution >= 4 is 5.97 Å². The summed E-state index contributed by atoms with van der Waals surface area (Å²) in [5, 5.41) is 20.3. The van der Waals surface area contributed by atoms with E-state index in [4.69, 9.17) is 5.11 Å². The summed E-state index contributed by atoms with van der Waals surface area (Å²) in [6.45, 7) is 7.33. The summed E-state index contributed by atoms with van der Waals surface area (Å²) in [5.74, 6) is 3.02. The molecule has 9 atom stereocenters. The van der Waals surface area contributed by atoms with Crippen LogP contribution < -0.4 is 0 Å². The monoisotopic (exact) mass is 376 g/mol. The smallest absolute Gasteiger partial charge is 0.303 e. The molecule has 0 spiro atoms. The molecule has 0 aromatic rings. The molecule has 0 saturated heterocycles. The van der Waals surface area contributed by atoms with Gasteiger partial charge in [-0.15, -0.1) is 0 Å². The van der Waals surface area contributed by atoms with Crippen molar-refractivity contribution in [3.05, 3.63) is 0 Å². The first kappa shape index (κ1) is 19.7. The molecule has 0 amide bonds. The molecular formula is C24H40O3. The zero-order valence-electron chi connectivity index (χ0n) is 17.6. The molecule has 154 valence electrons. The van der Waals surface area contributed by atoms with E-state index >= 15 is 0 Å². The molecule has 0 aliphatic heterocycles. The fraction of sp³-hybridized carbons (Fsp3) is 0.958. The van der Waals surface area contributed by atoms with Crippen LogP contribution in [0.5, 0.6) is 0 Å². The van der Waals surface area contributed by atoms with E-state index in [0.717, 1.165) is 18.8 Å². The Morgan fingerprint density at radius 1 is 1.04 bits per heavy atom. The molecule has 0 heterocycles. The van der Waals surface area contributed by atoms with E-state index in [1.54, 1.807) is 0 Å². The summed E-state index contributed by atoms with van der Waals surface area (Å²) in [5.41, 5.74) is 0.758. The van der Waals surface area contributed by atoms with Crippen LogP contribution in [-0.2, 0) is 4.79 Å². The maximum absolute atomic E-state index is 11.2. The van der Waals surface area contributed by atoms with Gasteiger partial charge in [-0.05, 0) is 97.7 Å². The Labute approximate surface area is 165 Å². The second-order valence-electron chi connectivity index (χ2n) is 11.2. The second-order valence-corrected chi connectivity index (χ2v) is 11.2. The van der Waals surface area contributed by atoms with Gasteiger partial charge in [0.1, 0.15) is 0 Å². The molecule has 3 heteroatoms. The van der Waals surface area contributed by atoms with Crippen LogP contribution in [0.2, 0.25) is 0 Å². The molecule has 4 saturated carbocycles. The third-order valence-electron chi connectivity index (χ3n) is 10.2. The highest BCUT2D eigenvalue weighted by molar-refractivity contribution is 5.66. The van der Waals surface area contributed by atoms with Crippen molar-refractivity contribution in [2.24, 2.45) is 46.3 Å². The molecule has 2 N–H and O–H groups in total. The summed E-state index contributed by atoms with van der Waals surface area (Å²) >= 11 is 0. The van der Waals surface area contributed by atoms with E-state index in [1.807, 2.05) is 0 Å². The fourth-order valence-electron chi connectivity index (χ4n) is 8.78. The van der Waals surface area contributed by atoms with Gasteiger partial charge in [0.05, 0.1) is 6.10 Å². The minimum atomic E-state index is -0.663. The predicted molar refractivity (Wildman–Crippen MR) is 107 cm³/mol. The van der Waals surface area contributed by atoms with Gasteiger partial charge in [-0.1, -0.05) is 33.6 Å². The Bertz CT molecular complexity index is 574. The number of aliphatic hydroxyl groups is 1. The van der Waals surface area contributed by atoms with Crippen LogP contribution in [0.4, 0.5) is 0 Å². The molecule has 4 fully saturated rings. The SMILES string of the molecule is C[C@H](CCC(=O)O)C1CCC2C3C(O)CC4CCCCC4(C)C3CCC21C. The lowest BCUT2D eigenvalue weighted by atomic mass is 9.44. The molecule has 4 rings (SSSR count). The lowest BCUT2D eigenvalue weighted by Gasteiger charge is -2.62. The number of rotatable bonds is 4. The molecule has 0 aromatic heterocycles. The van der Waals surface area contributed by atoms with Gasteiger partial charge in [-0.3, -0.25) is 4.79 Å². The Morgan fingerprint density at radius 3 is 2.52 bits per heavy atom. The van der Waals surface area contributed by atoms with Gasteiger partial charge in [0.15, 0.2) is 0 Å². The van der Waals surface area contributed by atoms with Gasteiger partial charge in [0, 0.05) is 6.42 Å². The van der Waals surface area contributed by atoms with Crippen molar-refractivity contribution in [3.8, 4) is 0 Å². The van der Waals surface area contributed by atoms with E-state index in [0.29, 0.717) is 46.8 Å². The van der Waals surface area contributed by atoms with Crippen LogP contribution in [-0.4, -0.2) is 22.3 Å². The maximum atomic E-state index is 11.2. The zero-order chi connectivity index (χ0) is 19.4. The standard InChI is InChI=1S/C24H40O3/c1-15(7-10-21(26)27)17-8-9-18-22-19(11-13-24(17,18)3)23(2)12-5-4-6-16(23)14-20(22)25/h15-20,22,25H,4-14H2,1-3H3,(H,26,27)/t15-,16?,17?,18?,19?,20?,22?,23?,24?/m1/s1. The van der Waals surface area contributed by atoms with Gasteiger partial charge in [0.25, 0.3) is 0 Å². The zero-order valence-corrected chi connectivity index (χ0v) is 17.6. The molecular weight excluding hydrogens is 336 g/mol. The summed E-state index contributed by atoms with van der Waals surface area (Å²) in [6, 6.07) is 0. The van der Waals surface area contributed by atoms with E-state index in [1.165, 1.54) is 51.4 Å². The highest BCUT2D eigenvalue weighted by Gasteiger charge is 2.62. The van der Waals surface area contributed by atoms with Crippen molar-refractivity contribution in [2.75, 3.05) is 0 Å². The first-order valence-electron chi connectivity index (χ1n) is 11.7. The van der Waals surface area contributed by atoms with E-state index in [-0.39, 0.29) is 6.10 Å². The molecule has 0 radical (unpaired) electrons. The van der Waals surface area contributed by atoms with Gasteiger partial charge in [0.2, 0.25) is 0 Å². The van der Waals surface area contributed by atoms with Gasteiger partial charge in [-0.25, -0.2) is 0 Å². The molecule has 27 heavy (non-hydrogen) atoms. The number of hydrogen-bond acceptors (Lipinski definition) is 2. The minimum absolute atomic E-state index is 0.108. The van der Waals surface area contributed by atoms with E-state index in [2.05, 4.69) is 20.8 Å². The van der Waals surface area contributed by atoms with Crippen molar-refractivity contribution < 1.29 is 15.0 Å². The van der Waals surface area contributed by atoms with Gasteiger partial charge >= 0.3 is 5.97 Å². The van der Waals surface area contributed by atoms with Crippen LogP contribution in [0, 0.1) is 46.3 Å². The third kappa shape index (κ3) is 3.07. The van der Waals surface area contributed by atoms with E-state index < -0.39 is 5.97 Å². The van der Waals surface area contributed by atoms with Crippen molar-refractivity contribution in [2.45, 2.75) is 97.5 Å². The average molecular weight is 377 g/mol. The number of hydrogen-bond donors (Lipinski definition) is 2. The topological polar surface area (TPSA) is 57.5 Å². The summed E-state index contributed by atoms with van der Waals surface area (Å²) in [4.78, 5) is 11.0. The van der Waals surface area contributed by atoms with Crippen LogP contribution in [0.15, 0.2) is 0 Å². The number of fused-ring (bicyclic) bond motifs is 5. The lowest BCUT2D eigenvalue weighted by Crippen LogP contribution is -2.57. The number of aliphatic carboxylic acids is 1. The minimum Gasteiger partial charge on any atom is -0.481 e. The fourth-order valence-corrected chi connectivity index (χ4v) is 8.78. The van der Waals surface area contributed by atoms with Gasteiger partial charge < -0.3 is 10.2 Å². The Hall–Kier alpha value is -0.570. The number of carbonyl (C=O) groups is 1. The van der Waals surface area contributed by atoms with Crippen LogP contribution in [0.25, 0.3) is 0 Å². The molecule has 0 aromatic carbocycles. The van der Waals surface area contributed by atoms with E-state index in [9.17, 15) is 9.90 Å². The second kappa shape index (κ2) is 7.04. The Balaban J connectivity index is 1.56.